The van der Waals surface area contributed by atoms with Gasteiger partial charge < -0.3 is 20.4 Å². The summed E-state index contributed by atoms with van der Waals surface area (Å²) in [6.07, 6.45) is 5.67. The van der Waals surface area contributed by atoms with Crippen LogP contribution in [0.1, 0.15) is 43.2 Å². The molecule has 6 nitrogen and oxygen atoms in total. The fraction of sp³-hybridized carbons (Fsp3) is 0.393. The monoisotopic (exact) mass is 459 g/mol. The molecule has 0 atom stereocenters. The van der Waals surface area contributed by atoms with Crippen LogP contribution in [0.3, 0.4) is 0 Å². The standard InChI is InChI=1S/C28H37N5O/c1-20-15-33(19-31-20)26-11-8-23(12-27(26)34-5)25(29)14-30-13-22-17-32(18-22)16-21-6-9-24(10-7-21)28(2,3)4/h6-12,14-15,19,22,30H,13,16-18,29H2,1-5H3/b25-14-. The van der Waals surface area contributed by atoms with Crippen molar-refractivity contribution in [1.82, 2.24) is 19.8 Å². The summed E-state index contributed by atoms with van der Waals surface area (Å²) >= 11 is 0. The summed E-state index contributed by atoms with van der Waals surface area (Å²) < 4.78 is 7.55. The van der Waals surface area contributed by atoms with Crippen molar-refractivity contribution in [3.63, 3.8) is 0 Å². The number of hydrogen-bond acceptors (Lipinski definition) is 5. The molecule has 4 rings (SSSR count). The SMILES string of the molecule is COc1cc(/C(N)=C/NCC2CN(Cc3ccc(C(C)(C)C)cc3)C2)ccc1-n1cnc(C)c1. The molecule has 2 heterocycles. The van der Waals surface area contributed by atoms with Crippen molar-refractivity contribution in [1.29, 1.82) is 0 Å². The molecule has 34 heavy (non-hydrogen) atoms. The van der Waals surface area contributed by atoms with E-state index in [0.717, 1.165) is 48.9 Å². The smallest absolute Gasteiger partial charge is 0.143 e. The minimum atomic E-state index is 0.202. The number of methoxy groups -OCH3 is 1. The molecule has 0 spiro atoms. The van der Waals surface area contributed by atoms with Crippen LogP contribution in [0, 0.1) is 12.8 Å². The Kier molecular flexibility index (Phi) is 6.98. The van der Waals surface area contributed by atoms with Crippen LogP contribution in [0.5, 0.6) is 5.75 Å². The van der Waals surface area contributed by atoms with Gasteiger partial charge in [0, 0.05) is 50.1 Å². The van der Waals surface area contributed by atoms with E-state index in [2.05, 4.69) is 60.2 Å². The minimum absolute atomic E-state index is 0.202. The molecule has 0 saturated carbocycles. The summed E-state index contributed by atoms with van der Waals surface area (Å²) in [5.41, 5.74) is 12.8. The Labute approximate surface area is 203 Å². The zero-order chi connectivity index (χ0) is 24.3. The lowest BCUT2D eigenvalue weighted by molar-refractivity contribution is 0.0941. The van der Waals surface area contributed by atoms with Gasteiger partial charge in [0.1, 0.15) is 5.75 Å². The Hall–Kier alpha value is -3.25. The number of ether oxygens (including phenoxy) is 1. The number of hydrogen-bond donors (Lipinski definition) is 2. The Morgan fingerprint density at radius 2 is 1.91 bits per heavy atom. The lowest BCUT2D eigenvalue weighted by Crippen LogP contribution is -2.49. The minimum Gasteiger partial charge on any atom is -0.495 e. The molecule has 0 radical (unpaired) electrons. The molecular formula is C28H37N5O. The van der Waals surface area contributed by atoms with Crippen LogP contribution in [0.15, 0.2) is 61.2 Å². The van der Waals surface area contributed by atoms with Gasteiger partial charge in [0.15, 0.2) is 0 Å². The summed E-state index contributed by atoms with van der Waals surface area (Å²) in [4.78, 5) is 6.79. The van der Waals surface area contributed by atoms with E-state index >= 15 is 0 Å². The maximum atomic E-state index is 6.34. The maximum Gasteiger partial charge on any atom is 0.143 e. The van der Waals surface area contributed by atoms with Crippen molar-refractivity contribution >= 4 is 5.70 Å². The van der Waals surface area contributed by atoms with Crippen molar-refractivity contribution < 1.29 is 4.74 Å². The fourth-order valence-corrected chi connectivity index (χ4v) is 4.35. The highest BCUT2D eigenvalue weighted by atomic mass is 16.5. The Morgan fingerprint density at radius 3 is 2.53 bits per heavy atom. The number of nitrogens with one attached hydrogen (secondary N) is 1. The predicted molar refractivity (Wildman–Crippen MR) is 139 cm³/mol. The van der Waals surface area contributed by atoms with Crippen molar-refractivity contribution in [3.05, 3.63) is 83.6 Å². The highest BCUT2D eigenvalue weighted by Crippen LogP contribution is 2.27. The van der Waals surface area contributed by atoms with Gasteiger partial charge in [-0.05, 0) is 35.6 Å². The van der Waals surface area contributed by atoms with Gasteiger partial charge in [-0.15, -0.1) is 0 Å². The average Bonchev–Trinajstić information content (AvgIpc) is 3.22. The molecule has 1 aliphatic rings. The summed E-state index contributed by atoms with van der Waals surface area (Å²) in [6.45, 7) is 12.9. The molecule has 1 aromatic heterocycles. The van der Waals surface area contributed by atoms with Gasteiger partial charge in [-0.1, -0.05) is 51.1 Å². The van der Waals surface area contributed by atoms with Crippen LogP contribution in [0.2, 0.25) is 0 Å². The van der Waals surface area contributed by atoms with Crippen LogP contribution >= 0.6 is 0 Å². The second kappa shape index (κ2) is 9.94. The van der Waals surface area contributed by atoms with Gasteiger partial charge in [-0.3, -0.25) is 4.90 Å². The number of rotatable bonds is 8. The normalized spacial score (nSPS) is 15.3. The first kappa shape index (κ1) is 23.9. The Balaban J connectivity index is 1.26. The number of likely N-dealkylation sites (tertiary alicyclic amines) is 1. The van der Waals surface area contributed by atoms with E-state index in [1.165, 1.54) is 11.1 Å². The van der Waals surface area contributed by atoms with E-state index in [0.29, 0.717) is 11.6 Å². The number of nitrogens with zero attached hydrogens (tertiary/aromatic N) is 3. The summed E-state index contributed by atoms with van der Waals surface area (Å²) in [7, 11) is 1.67. The summed E-state index contributed by atoms with van der Waals surface area (Å²) in [5.74, 6) is 1.40. The third kappa shape index (κ3) is 5.62. The van der Waals surface area contributed by atoms with Gasteiger partial charge in [0.25, 0.3) is 0 Å². The number of nitrogens with two attached hydrogens (primary N) is 1. The molecule has 3 N–H and O–H groups in total. The molecule has 0 amide bonds. The van der Waals surface area contributed by atoms with Gasteiger partial charge in [-0.2, -0.15) is 0 Å². The van der Waals surface area contributed by atoms with Crippen LogP contribution < -0.4 is 15.8 Å². The molecule has 1 saturated heterocycles. The predicted octanol–water partition coefficient (Wildman–Crippen LogP) is 4.47. The van der Waals surface area contributed by atoms with Crippen molar-refractivity contribution in [2.45, 2.75) is 39.7 Å². The highest BCUT2D eigenvalue weighted by molar-refractivity contribution is 5.66. The molecule has 1 aliphatic heterocycles. The van der Waals surface area contributed by atoms with Crippen LogP contribution in [0.4, 0.5) is 0 Å². The van der Waals surface area contributed by atoms with Crippen LogP contribution in [0.25, 0.3) is 11.4 Å². The quantitative estimate of drug-likeness (QED) is 0.520. The molecule has 3 aromatic rings. The molecular weight excluding hydrogens is 422 g/mol. The molecule has 0 aliphatic carbocycles. The van der Waals surface area contributed by atoms with Crippen molar-refractivity contribution in [3.8, 4) is 11.4 Å². The number of aryl methyl sites for hydroxylation is 1. The van der Waals surface area contributed by atoms with E-state index in [9.17, 15) is 0 Å². The van der Waals surface area contributed by atoms with Crippen LogP contribution in [-0.2, 0) is 12.0 Å². The zero-order valence-electron chi connectivity index (χ0n) is 21.0. The van der Waals surface area contributed by atoms with Gasteiger partial charge in [0.05, 0.1) is 30.5 Å². The first-order chi connectivity index (χ1) is 16.2. The molecule has 0 bridgehead atoms. The first-order valence-corrected chi connectivity index (χ1v) is 11.9. The molecule has 180 valence electrons. The van der Waals surface area contributed by atoms with Crippen LogP contribution in [-0.4, -0.2) is 41.2 Å². The molecule has 0 unspecified atom stereocenters. The third-order valence-electron chi connectivity index (χ3n) is 6.43. The Morgan fingerprint density at radius 1 is 1.18 bits per heavy atom. The molecule has 2 aromatic carbocycles. The van der Waals surface area contributed by atoms with Gasteiger partial charge in [0.2, 0.25) is 0 Å². The maximum absolute atomic E-state index is 6.34. The van der Waals surface area contributed by atoms with Crippen molar-refractivity contribution in [2.24, 2.45) is 11.7 Å². The van der Waals surface area contributed by atoms with E-state index in [4.69, 9.17) is 10.5 Å². The van der Waals surface area contributed by atoms with Gasteiger partial charge in [-0.25, -0.2) is 4.98 Å². The van der Waals surface area contributed by atoms with E-state index in [1.807, 2.05) is 42.1 Å². The molecule has 1 fully saturated rings. The molecule has 6 heteroatoms. The fourth-order valence-electron chi connectivity index (χ4n) is 4.35. The van der Waals surface area contributed by atoms with E-state index in [-0.39, 0.29) is 5.41 Å². The largest absolute Gasteiger partial charge is 0.495 e. The highest BCUT2D eigenvalue weighted by Gasteiger charge is 2.26. The summed E-state index contributed by atoms with van der Waals surface area (Å²) in [5, 5.41) is 3.41. The van der Waals surface area contributed by atoms with E-state index in [1.54, 1.807) is 13.4 Å². The number of imidazole rings is 1. The van der Waals surface area contributed by atoms with Gasteiger partial charge >= 0.3 is 0 Å². The second-order valence-electron chi connectivity index (χ2n) is 10.3. The topological polar surface area (TPSA) is 68.3 Å². The average molecular weight is 460 g/mol. The Bertz CT molecular complexity index is 1130. The lowest BCUT2D eigenvalue weighted by atomic mass is 9.86. The summed E-state index contributed by atoms with van der Waals surface area (Å²) in [6, 6.07) is 15.0. The van der Waals surface area contributed by atoms with E-state index < -0.39 is 0 Å². The first-order valence-electron chi connectivity index (χ1n) is 11.9. The number of benzene rings is 2. The third-order valence-corrected chi connectivity index (χ3v) is 6.43. The number of aromatic nitrogens is 2. The lowest BCUT2D eigenvalue weighted by Gasteiger charge is -2.39. The zero-order valence-corrected chi connectivity index (χ0v) is 21.0. The second-order valence-corrected chi connectivity index (χ2v) is 10.3. The van der Waals surface area contributed by atoms with Crippen molar-refractivity contribution in [2.75, 3.05) is 26.7 Å².